The number of hydrogen-bond donors (Lipinski definition) is 0. The summed E-state index contributed by atoms with van der Waals surface area (Å²) >= 11 is 0. The van der Waals surface area contributed by atoms with Gasteiger partial charge in [0.05, 0.1) is 5.69 Å². The highest BCUT2D eigenvalue weighted by molar-refractivity contribution is 5.72. The molecule has 0 amide bonds. The lowest BCUT2D eigenvalue weighted by Crippen LogP contribution is -2.25. The van der Waals surface area contributed by atoms with E-state index in [4.69, 9.17) is 0 Å². The van der Waals surface area contributed by atoms with E-state index < -0.39 is 0 Å². The Labute approximate surface area is 84.3 Å². The lowest BCUT2D eigenvalue weighted by atomic mass is 10.4. The van der Waals surface area contributed by atoms with Gasteiger partial charge in [-0.3, -0.25) is 4.79 Å². The van der Waals surface area contributed by atoms with Gasteiger partial charge in [0, 0.05) is 25.3 Å². The fourth-order valence-electron chi connectivity index (χ4n) is 1.70. The molecule has 0 unspecified atom stereocenters. The summed E-state index contributed by atoms with van der Waals surface area (Å²) in [5, 5.41) is 0. The summed E-state index contributed by atoms with van der Waals surface area (Å²) in [7, 11) is 2.15. The Morgan fingerprint density at radius 2 is 2.43 bits per heavy atom. The van der Waals surface area contributed by atoms with Gasteiger partial charge < -0.3 is 9.47 Å². The first-order chi connectivity index (χ1) is 6.81. The van der Waals surface area contributed by atoms with Crippen molar-refractivity contribution in [2.75, 3.05) is 13.6 Å². The minimum atomic E-state index is 0.772. The fraction of sp³-hybridized carbons (Fsp3) is 0.545. The van der Waals surface area contributed by atoms with Crippen molar-refractivity contribution in [3.05, 3.63) is 24.0 Å². The predicted molar refractivity (Wildman–Crippen MR) is 55.5 cm³/mol. The standard InChI is InChI=1S/C11H16N2O/c1-12(10-4-5-10)7-8-13-6-2-3-11(13)9-14/h2-3,6,9-10H,4-5,7-8H2,1H3. The zero-order chi connectivity index (χ0) is 9.97. The average molecular weight is 192 g/mol. The van der Waals surface area contributed by atoms with Gasteiger partial charge >= 0.3 is 0 Å². The van der Waals surface area contributed by atoms with Gasteiger partial charge in [0.1, 0.15) is 0 Å². The minimum absolute atomic E-state index is 0.772. The Bertz CT molecular complexity index is 315. The van der Waals surface area contributed by atoms with Crippen molar-refractivity contribution in [3.8, 4) is 0 Å². The fourth-order valence-corrected chi connectivity index (χ4v) is 1.70. The molecule has 0 atom stereocenters. The molecule has 2 rings (SSSR count). The summed E-state index contributed by atoms with van der Waals surface area (Å²) in [6, 6.07) is 4.57. The number of nitrogens with zero attached hydrogens (tertiary/aromatic N) is 2. The SMILES string of the molecule is CN(CCn1cccc1C=O)C1CC1. The quantitative estimate of drug-likeness (QED) is 0.659. The smallest absolute Gasteiger partial charge is 0.166 e. The Morgan fingerprint density at radius 1 is 1.64 bits per heavy atom. The molecular formula is C11H16N2O. The maximum absolute atomic E-state index is 10.6. The Hall–Kier alpha value is -1.09. The van der Waals surface area contributed by atoms with Gasteiger partial charge in [-0.15, -0.1) is 0 Å². The summed E-state index contributed by atoms with van der Waals surface area (Å²) in [6.45, 7) is 1.94. The van der Waals surface area contributed by atoms with Gasteiger partial charge in [-0.05, 0) is 32.0 Å². The summed E-state index contributed by atoms with van der Waals surface area (Å²) in [5.74, 6) is 0. The minimum Gasteiger partial charge on any atom is -0.344 e. The van der Waals surface area contributed by atoms with Crippen molar-refractivity contribution < 1.29 is 4.79 Å². The van der Waals surface area contributed by atoms with Gasteiger partial charge in [0.15, 0.2) is 6.29 Å². The second-order valence-corrected chi connectivity index (χ2v) is 3.96. The molecule has 0 bridgehead atoms. The highest BCUT2D eigenvalue weighted by Gasteiger charge is 2.25. The molecule has 0 aromatic carbocycles. The molecule has 1 aliphatic rings. The number of aromatic nitrogens is 1. The van der Waals surface area contributed by atoms with Gasteiger partial charge in [-0.25, -0.2) is 0 Å². The number of aldehydes is 1. The van der Waals surface area contributed by atoms with Gasteiger partial charge in [0.25, 0.3) is 0 Å². The Kier molecular flexibility index (Phi) is 2.68. The third kappa shape index (κ3) is 2.04. The summed E-state index contributed by atoms with van der Waals surface area (Å²) < 4.78 is 2.01. The van der Waals surface area contributed by atoms with Crippen LogP contribution >= 0.6 is 0 Å². The first-order valence-corrected chi connectivity index (χ1v) is 5.12. The highest BCUT2D eigenvalue weighted by atomic mass is 16.1. The molecule has 3 nitrogen and oxygen atoms in total. The second kappa shape index (κ2) is 3.96. The van der Waals surface area contributed by atoms with Crippen LogP contribution in [0, 0.1) is 0 Å². The predicted octanol–water partition coefficient (Wildman–Crippen LogP) is 1.39. The van der Waals surface area contributed by atoms with E-state index in [1.54, 1.807) is 0 Å². The highest BCUT2D eigenvalue weighted by Crippen LogP contribution is 2.24. The van der Waals surface area contributed by atoms with E-state index in [9.17, 15) is 4.79 Å². The molecule has 0 radical (unpaired) electrons. The molecule has 0 aliphatic heterocycles. The Morgan fingerprint density at radius 3 is 3.07 bits per heavy atom. The van der Waals surface area contributed by atoms with Crippen molar-refractivity contribution in [2.24, 2.45) is 0 Å². The van der Waals surface area contributed by atoms with Crippen LogP contribution in [0.4, 0.5) is 0 Å². The largest absolute Gasteiger partial charge is 0.344 e. The molecule has 1 heterocycles. The zero-order valence-electron chi connectivity index (χ0n) is 8.52. The van der Waals surface area contributed by atoms with Crippen LogP contribution in [0.25, 0.3) is 0 Å². The number of rotatable bonds is 5. The van der Waals surface area contributed by atoms with E-state index in [1.165, 1.54) is 12.8 Å². The van der Waals surface area contributed by atoms with Gasteiger partial charge in [0.2, 0.25) is 0 Å². The molecular weight excluding hydrogens is 176 g/mol. The molecule has 14 heavy (non-hydrogen) atoms. The third-order valence-electron chi connectivity index (χ3n) is 2.85. The number of likely N-dealkylation sites (N-methyl/N-ethyl adjacent to an activating group) is 1. The monoisotopic (exact) mass is 192 g/mol. The van der Waals surface area contributed by atoms with Crippen molar-refractivity contribution in [1.82, 2.24) is 9.47 Å². The first-order valence-electron chi connectivity index (χ1n) is 5.12. The Balaban J connectivity index is 1.87. The maximum Gasteiger partial charge on any atom is 0.166 e. The van der Waals surface area contributed by atoms with Crippen molar-refractivity contribution in [2.45, 2.75) is 25.4 Å². The summed E-state index contributed by atoms with van der Waals surface area (Å²) in [6.07, 6.45) is 5.55. The van der Waals surface area contributed by atoms with Crippen LogP contribution in [0.1, 0.15) is 23.3 Å². The van der Waals surface area contributed by atoms with E-state index in [2.05, 4.69) is 11.9 Å². The van der Waals surface area contributed by atoms with Crippen LogP contribution in [0.3, 0.4) is 0 Å². The molecule has 3 heteroatoms. The summed E-state index contributed by atoms with van der Waals surface area (Å²) in [4.78, 5) is 13.0. The van der Waals surface area contributed by atoms with E-state index >= 15 is 0 Å². The zero-order valence-corrected chi connectivity index (χ0v) is 8.52. The molecule has 1 fully saturated rings. The molecule has 76 valence electrons. The third-order valence-corrected chi connectivity index (χ3v) is 2.85. The van der Waals surface area contributed by atoms with Gasteiger partial charge in [-0.2, -0.15) is 0 Å². The normalized spacial score (nSPS) is 16.1. The van der Waals surface area contributed by atoms with Crippen LogP contribution < -0.4 is 0 Å². The lowest BCUT2D eigenvalue weighted by Gasteiger charge is -2.16. The topological polar surface area (TPSA) is 25.2 Å². The maximum atomic E-state index is 10.6. The molecule has 1 saturated carbocycles. The molecule has 0 N–H and O–H groups in total. The molecule has 1 aromatic rings. The van der Waals surface area contributed by atoms with Crippen molar-refractivity contribution in [3.63, 3.8) is 0 Å². The van der Waals surface area contributed by atoms with Crippen LogP contribution in [0.2, 0.25) is 0 Å². The van der Waals surface area contributed by atoms with Gasteiger partial charge in [-0.1, -0.05) is 0 Å². The number of carbonyl (C=O) groups is 1. The van der Waals surface area contributed by atoms with Crippen LogP contribution in [-0.2, 0) is 6.54 Å². The van der Waals surface area contributed by atoms with E-state index in [0.29, 0.717) is 0 Å². The molecule has 1 aliphatic carbocycles. The van der Waals surface area contributed by atoms with Crippen molar-refractivity contribution in [1.29, 1.82) is 0 Å². The molecule has 1 aromatic heterocycles. The first kappa shape index (κ1) is 9.46. The van der Waals surface area contributed by atoms with E-state index in [0.717, 1.165) is 31.1 Å². The van der Waals surface area contributed by atoms with E-state index in [1.807, 2.05) is 22.9 Å². The molecule has 0 spiro atoms. The summed E-state index contributed by atoms with van der Waals surface area (Å²) in [5.41, 5.74) is 0.772. The van der Waals surface area contributed by atoms with Crippen LogP contribution in [-0.4, -0.2) is 35.4 Å². The molecule has 0 saturated heterocycles. The number of carbonyl (C=O) groups excluding carboxylic acids is 1. The number of hydrogen-bond acceptors (Lipinski definition) is 2. The van der Waals surface area contributed by atoms with Crippen LogP contribution in [0.5, 0.6) is 0 Å². The van der Waals surface area contributed by atoms with Crippen LogP contribution in [0.15, 0.2) is 18.3 Å². The average Bonchev–Trinajstić information content (AvgIpc) is 2.94. The second-order valence-electron chi connectivity index (χ2n) is 3.96. The van der Waals surface area contributed by atoms with Crippen molar-refractivity contribution >= 4 is 6.29 Å². The van der Waals surface area contributed by atoms with E-state index in [-0.39, 0.29) is 0 Å². The lowest BCUT2D eigenvalue weighted by molar-refractivity contribution is 0.111.